The maximum absolute atomic E-state index is 12.9. The Balaban J connectivity index is 1.50. The second-order valence-electron chi connectivity index (χ2n) is 7.76. The highest BCUT2D eigenvalue weighted by Crippen LogP contribution is 2.29. The molecule has 1 amide bonds. The van der Waals surface area contributed by atoms with Crippen molar-refractivity contribution in [2.24, 2.45) is 0 Å². The number of anilines is 1. The van der Waals surface area contributed by atoms with Crippen molar-refractivity contribution in [3.8, 4) is 0 Å². The second kappa shape index (κ2) is 9.62. The van der Waals surface area contributed by atoms with Crippen LogP contribution >= 0.6 is 0 Å². The van der Waals surface area contributed by atoms with Crippen LogP contribution in [0.25, 0.3) is 0 Å². The lowest BCUT2D eigenvalue weighted by atomic mass is 10.1. The Morgan fingerprint density at radius 3 is 2.37 bits per heavy atom. The summed E-state index contributed by atoms with van der Waals surface area (Å²) in [6.45, 7) is 7.70. The second-order valence-corrected chi connectivity index (χ2v) is 7.76. The van der Waals surface area contributed by atoms with Crippen molar-refractivity contribution in [2.75, 3.05) is 38.0 Å². The van der Waals surface area contributed by atoms with E-state index in [1.165, 1.54) is 12.1 Å². The van der Waals surface area contributed by atoms with Crippen LogP contribution in [-0.2, 0) is 23.9 Å². The van der Waals surface area contributed by atoms with Gasteiger partial charge in [0.15, 0.2) is 0 Å². The minimum absolute atomic E-state index is 0.0367. The number of nitrogens with one attached hydrogen (secondary N) is 1. The van der Waals surface area contributed by atoms with Crippen molar-refractivity contribution < 1.29 is 18.0 Å². The first kappa shape index (κ1) is 22.3. The number of benzene rings is 2. The zero-order valence-electron chi connectivity index (χ0n) is 17.4. The molecule has 0 spiro atoms. The highest BCUT2D eigenvalue weighted by atomic mass is 19.4. The maximum atomic E-state index is 12.9. The van der Waals surface area contributed by atoms with Crippen LogP contribution in [0, 0.1) is 6.92 Å². The molecule has 1 aliphatic heterocycles. The molecule has 162 valence electrons. The number of piperazine rings is 1. The van der Waals surface area contributed by atoms with E-state index in [9.17, 15) is 18.0 Å². The predicted octanol–water partition coefficient (Wildman–Crippen LogP) is 4.33. The van der Waals surface area contributed by atoms with Gasteiger partial charge in [-0.1, -0.05) is 43.3 Å². The molecule has 0 unspecified atom stereocenters. The van der Waals surface area contributed by atoms with Crippen LogP contribution in [0.5, 0.6) is 0 Å². The van der Waals surface area contributed by atoms with Gasteiger partial charge in [-0.25, -0.2) is 0 Å². The van der Waals surface area contributed by atoms with Crippen LogP contribution < -0.4 is 5.32 Å². The Morgan fingerprint density at radius 2 is 1.70 bits per heavy atom. The zero-order valence-corrected chi connectivity index (χ0v) is 17.4. The number of alkyl halides is 3. The third-order valence-electron chi connectivity index (χ3n) is 5.50. The standard InChI is InChI=1S/C23H28F3N3O/c1-3-19-8-4-6-17(2)22(19)27-21(30)16-29-12-10-28(11-13-29)15-18-7-5-9-20(14-18)23(24,25)26/h4-9,14H,3,10-13,15-16H2,1-2H3,(H,27,30). The third-order valence-corrected chi connectivity index (χ3v) is 5.50. The minimum atomic E-state index is -4.32. The number of halogens is 3. The molecule has 0 aliphatic carbocycles. The first-order valence-electron chi connectivity index (χ1n) is 10.3. The van der Waals surface area contributed by atoms with E-state index in [1.807, 2.05) is 25.1 Å². The molecule has 0 radical (unpaired) electrons. The molecule has 1 fully saturated rings. The van der Waals surface area contributed by atoms with Gasteiger partial charge in [-0.3, -0.25) is 14.6 Å². The summed E-state index contributed by atoms with van der Waals surface area (Å²) in [6.07, 6.45) is -3.47. The molecule has 1 aliphatic rings. The van der Waals surface area contributed by atoms with Gasteiger partial charge >= 0.3 is 6.18 Å². The molecule has 0 aromatic heterocycles. The largest absolute Gasteiger partial charge is 0.416 e. The van der Waals surface area contributed by atoms with Crippen molar-refractivity contribution >= 4 is 11.6 Å². The third kappa shape index (κ3) is 5.83. The minimum Gasteiger partial charge on any atom is -0.324 e. The first-order chi connectivity index (χ1) is 14.3. The van der Waals surface area contributed by atoms with E-state index in [4.69, 9.17) is 0 Å². The SMILES string of the molecule is CCc1cccc(C)c1NC(=O)CN1CCN(Cc2cccc(C(F)(F)F)c2)CC1. The Morgan fingerprint density at radius 1 is 1.03 bits per heavy atom. The van der Waals surface area contributed by atoms with Crippen molar-refractivity contribution in [1.82, 2.24) is 9.80 Å². The Labute approximate surface area is 175 Å². The summed E-state index contributed by atoms with van der Waals surface area (Å²) in [5.74, 6) is -0.0367. The zero-order chi connectivity index (χ0) is 21.7. The Bertz CT molecular complexity index is 874. The molecule has 0 atom stereocenters. The molecule has 30 heavy (non-hydrogen) atoms. The van der Waals surface area contributed by atoms with E-state index >= 15 is 0 Å². The van der Waals surface area contributed by atoms with E-state index in [-0.39, 0.29) is 5.91 Å². The fourth-order valence-electron chi connectivity index (χ4n) is 3.79. The van der Waals surface area contributed by atoms with Crippen LogP contribution in [0.15, 0.2) is 42.5 Å². The van der Waals surface area contributed by atoms with Gasteiger partial charge in [0.1, 0.15) is 0 Å². The average Bonchev–Trinajstić information content (AvgIpc) is 2.70. The van der Waals surface area contributed by atoms with Gasteiger partial charge in [-0.05, 0) is 36.1 Å². The smallest absolute Gasteiger partial charge is 0.324 e. The summed E-state index contributed by atoms with van der Waals surface area (Å²) in [5.41, 5.74) is 3.11. The van der Waals surface area contributed by atoms with Gasteiger partial charge in [-0.15, -0.1) is 0 Å². The quantitative estimate of drug-likeness (QED) is 0.757. The monoisotopic (exact) mass is 419 g/mol. The molecule has 1 heterocycles. The Kier molecular flexibility index (Phi) is 7.15. The van der Waals surface area contributed by atoms with Crippen LogP contribution in [0.3, 0.4) is 0 Å². The fraction of sp³-hybridized carbons (Fsp3) is 0.435. The lowest BCUT2D eigenvalue weighted by molar-refractivity contribution is -0.137. The van der Waals surface area contributed by atoms with E-state index in [1.54, 1.807) is 6.07 Å². The molecule has 4 nitrogen and oxygen atoms in total. The molecule has 2 aromatic rings. The number of amides is 1. The lowest BCUT2D eigenvalue weighted by Crippen LogP contribution is -2.48. The molecule has 0 saturated carbocycles. The van der Waals surface area contributed by atoms with Crippen LogP contribution in [0.1, 0.15) is 29.2 Å². The van der Waals surface area contributed by atoms with E-state index in [0.717, 1.165) is 29.3 Å². The normalized spacial score (nSPS) is 15.9. The summed E-state index contributed by atoms with van der Waals surface area (Å²) >= 11 is 0. The topological polar surface area (TPSA) is 35.6 Å². The number of carbonyl (C=O) groups excluding carboxylic acids is 1. The van der Waals surface area contributed by atoms with Gasteiger partial charge in [-0.2, -0.15) is 13.2 Å². The van der Waals surface area contributed by atoms with Crippen molar-refractivity contribution in [3.05, 3.63) is 64.7 Å². The summed E-state index contributed by atoms with van der Waals surface area (Å²) in [7, 11) is 0. The number of hydrogen-bond acceptors (Lipinski definition) is 3. The molecular formula is C23H28F3N3O. The van der Waals surface area contributed by atoms with Crippen molar-refractivity contribution in [1.29, 1.82) is 0 Å². The molecule has 1 N–H and O–H groups in total. The molecule has 7 heteroatoms. The number of hydrogen-bond donors (Lipinski definition) is 1. The molecule has 3 rings (SSSR count). The van der Waals surface area contributed by atoms with Crippen molar-refractivity contribution in [2.45, 2.75) is 33.0 Å². The van der Waals surface area contributed by atoms with E-state index in [2.05, 4.69) is 22.0 Å². The van der Waals surface area contributed by atoms with Crippen LogP contribution in [-0.4, -0.2) is 48.4 Å². The van der Waals surface area contributed by atoms with E-state index < -0.39 is 11.7 Å². The summed E-state index contributed by atoms with van der Waals surface area (Å²) in [6, 6.07) is 11.5. The van der Waals surface area contributed by atoms with Crippen molar-refractivity contribution in [3.63, 3.8) is 0 Å². The fourth-order valence-corrected chi connectivity index (χ4v) is 3.79. The Hall–Kier alpha value is -2.38. The highest BCUT2D eigenvalue weighted by Gasteiger charge is 2.30. The molecule has 0 bridgehead atoms. The summed E-state index contributed by atoms with van der Waals surface area (Å²) in [5, 5.41) is 3.05. The first-order valence-corrected chi connectivity index (χ1v) is 10.3. The van der Waals surface area contributed by atoms with Crippen LogP contribution in [0.2, 0.25) is 0 Å². The van der Waals surface area contributed by atoms with Gasteiger partial charge < -0.3 is 5.32 Å². The van der Waals surface area contributed by atoms with E-state index in [0.29, 0.717) is 44.8 Å². The number of rotatable bonds is 6. The number of aryl methyl sites for hydroxylation is 2. The average molecular weight is 419 g/mol. The molecular weight excluding hydrogens is 391 g/mol. The lowest BCUT2D eigenvalue weighted by Gasteiger charge is -2.34. The van der Waals surface area contributed by atoms with Gasteiger partial charge in [0.25, 0.3) is 0 Å². The number of para-hydroxylation sites is 1. The number of nitrogens with zero attached hydrogens (tertiary/aromatic N) is 2. The predicted molar refractivity (Wildman–Crippen MR) is 112 cm³/mol. The highest BCUT2D eigenvalue weighted by molar-refractivity contribution is 5.93. The maximum Gasteiger partial charge on any atom is 0.416 e. The van der Waals surface area contributed by atoms with Gasteiger partial charge in [0, 0.05) is 38.4 Å². The summed E-state index contributed by atoms with van der Waals surface area (Å²) in [4.78, 5) is 16.7. The van der Waals surface area contributed by atoms with Crippen LogP contribution in [0.4, 0.5) is 18.9 Å². The summed E-state index contributed by atoms with van der Waals surface area (Å²) < 4.78 is 38.7. The molecule has 1 saturated heterocycles. The molecule has 2 aromatic carbocycles. The number of carbonyl (C=O) groups is 1. The van der Waals surface area contributed by atoms with Gasteiger partial charge in [0.2, 0.25) is 5.91 Å². The van der Waals surface area contributed by atoms with Gasteiger partial charge in [0.05, 0.1) is 12.1 Å².